The van der Waals surface area contributed by atoms with Crippen LogP contribution < -0.4 is 10.2 Å². The molecule has 0 aliphatic carbocycles. The third kappa shape index (κ3) is 4.40. The van der Waals surface area contributed by atoms with Gasteiger partial charge in [-0.15, -0.1) is 0 Å². The van der Waals surface area contributed by atoms with Crippen molar-refractivity contribution in [3.05, 3.63) is 77.1 Å². The van der Waals surface area contributed by atoms with Crippen molar-refractivity contribution in [3.63, 3.8) is 0 Å². The number of carbonyl (C=O) groups excluding carboxylic acids is 1. The highest BCUT2D eigenvalue weighted by atomic mass is 16.2. The second-order valence-electron chi connectivity index (χ2n) is 9.28. The molecule has 1 amide bonds. The zero-order chi connectivity index (χ0) is 22.8. The molecule has 0 radical (unpaired) electrons. The quantitative estimate of drug-likeness (QED) is 0.664. The van der Waals surface area contributed by atoms with Gasteiger partial charge in [-0.05, 0) is 63.5 Å². The number of aryl methyl sites for hydroxylation is 2. The smallest absolute Gasteiger partial charge is 0.257 e. The predicted molar refractivity (Wildman–Crippen MR) is 132 cm³/mol. The minimum Gasteiger partial charge on any atom is -0.368 e. The summed E-state index contributed by atoms with van der Waals surface area (Å²) in [4.78, 5) is 18.1. The van der Waals surface area contributed by atoms with Crippen LogP contribution in [0.3, 0.4) is 0 Å². The number of piperazine rings is 1. The summed E-state index contributed by atoms with van der Waals surface area (Å²) in [5, 5.41) is 8.14. The molecule has 2 fully saturated rings. The van der Waals surface area contributed by atoms with Crippen molar-refractivity contribution < 1.29 is 4.79 Å². The van der Waals surface area contributed by atoms with Gasteiger partial charge in [-0.3, -0.25) is 4.79 Å². The number of anilines is 1. The summed E-state index contributed by atoms with van der Waals surface area (Å²) in [7, 11) is 0. The number of amides is 1. The van der Waals surface area contributed by atoms with E-state index in [4.69, 9.17) is 5.10 Å². The molecule has 3 aromatic rings. The molecule has 2 aliphatic rings. The molecule has 1 N–H and O–H groups in total. The van der Waals surface area contributed by atoms with E-state index < -0.39 is 0 Å². The fourth-order valence-electron chi connectivity index (χ4n) is 5.27. The molecule has 2 aromatic carbocycles. The third-order valence-corrected chi connectivity index (χ3v) is 7.02. The lowest BCUT2D eigenvalue weighted by atomic mass is 9.91. The minimum absolute atomic E-state index is 0.117. The van der Waals surface area contributed by atoms with E-state index in [1.165, 1.54) is 16.8 Å². The normalized spacial score (nSPS) is 17.4. The molecule has 3 heterocycles. The van der Waals surface area contributed by atoms with Gasteiger partial charge in [0.05, 0.1) is 23.1 Å². The average molecular weight is 444 g/mol. The Morgan fingerprint density at radius 2 is 1.70 bits per heavy atom. The Hall–Kier alpha value is -3.12. The summed E-state index contributed by atoms with van der Waals surface area (Å²) in [6.07, 6.45) is 3.85. The van der Waals surface area contributed by atoms with Gasteiger partial charge in [-0.1, -0.05) is 35.9 Å². The van der Waals surface area contributed by atoms with Crippen LogP contribution in [0.5, 0.6) is 0 Å². The van der Waals surface area contributed by atoms with E-state index in [0.29, 0.717) is 5.92 Å². The van der Waals surface area contributed by atoms with Gasteiger partial charge in [-0.25, -0.2) is 4.68 Å². The average Bonchev–Trinajstić information content (AvgIpc) is 3.30. The van der Waals surface area contributed by atoms with E-state index in [-0.39, 0.29) is 5.91 Å². The lowest BCUT2D eigenvalue weighted by molar-refractivity contribution is 0.0744. The van der Waals surface area contributed by atoms with E-state index in [0.717, 1.165) is 69.1 Å². The van der Waals surface area contributed by atoms with Gasteiger partial charge in [-0.2, -0.15) is 5.10 Å². The molecule has 33 heavy (non-hydrogen) atoms. The number of nitrogens with one attached hydrogen (secondary N) is 1. The molecular formula is C27H33N5O. The minimum atomic E-state index is 0.117. The molecule has 0 bridgehead atoms. The Kier molecular flexibility index (Phi) is 6.18. The highest BCUT2D eigenvalue weighted by Gasteiger charge is 2.31. The Morgan fingerprint density at radius 3 is 2.39 bits per heavy atom. The van der Waals surface area contributed by atoms with Crippen molar-refractivity contribution >= 4 is 11.6 Å². The van der Waals surface area contributed by atoms with Crippen LogP contribution in [-0.4, -0.2) is 59.9 Å². The van der Waals surface area contributed by atoms with Crippen LogP contribution in [0.1, 0.15) is 45.9 Å². The number of rotatable bonds is 4. The van der Waals surface area contributed by atoms with Gasteiger partial charge in [0.25, 0.3) is 5.91 Å². The van der Waals surface area contributed by atoms with Crippen LogP contribution in [0, 0.1) is 13.8 Å². The second kappa shape index (κ2) is 9.40. The summed E-state index contributed by atoms with van der Waals surface area (Å²) in [6, 6.07) is 16.8. The number of nitrogens with zero attached hydrogens (tertiary/aromatic N) is 4. The van der Waals surface area contributed by atoms with Gasteiger partial charge >= 0.3 is 0 Å². The number of carbonyl (C=O) groups is 1. The predicted octanol–water partition coefficient (Wildman–Crippen LogP) is 3.92. The Balaban J connectivity index is 1.38. The maximum atomic E-state index is 13.7. The third-order valence-electron chi connectivity index (χ3n) is 7.02. The second-order valence-corrected chi connectivity index (χ2v) is 9.28. The Morgan fingerprint density at radius 1 is 0.970 bits per heavy atom. The zero-order valence-electron chi connectivity index (χ0n) is 19.6. The Labute approximate surface area is 196 Å². The van der Waals surface area contributed by atoms with Crippen LogP contribution in [0.4, 0.5) is 5.69 Å². The first kappa shape index (κ1) is 21.7. The SMILES string of the molecule is Cc1ccc(N2CCN(C(=O)c3cnn(-c4ccccc4)c3C3CCNCC3)CC2)c(C)c1. The fraction of sp³-hybridized carbons (Fsp3) is 0.407. The molecule has 5 rings (SSSR count). The first-order chi connectivity index (χ1) is 16.1. The number of aromatic nitrogens is 2. The number of hydrogen-bond acceptors (Lipinski definition) is 4. The highest BCUT2D eigenvalue weighted by molar-refractivity contribution is 5.95. The number of piperidine rings is 1. The Bertz CT molecular complexity index is 1110. The molecule has 0 atom stereocenters. The van der Waals surface area contributed by atoms with Crippen LogP contribution in [0.25, 0.3) is 5.69 Å². The van der Waals surface area contributed by atoms with Gasteiger partial charge in [0.1, 0.15) is 0 Å². The van der Waals surface area contributed by atoms with Crippen LogP contribution in [0.15, 0.2) is 54.7 Å². The monoisotopic (exact) mass is 443 g/mol. The maximum Gasteiger partial charge on any atom is 0.257 e. The summed E-state index contributed by atoms with van der Waals surface area (Å²) in [6.45, 7) is 9.42. The maximum absolute atomic E-state index is 13.7. The fourth-order valence-corrected chi connectivity index (χ4v) is 5.27. The number of hydrogen-bond donors (Lipinski definition) is 1. The van der Waals surface area contributed by atoms with E-state index in [9.17, 15) is 4.79 Å². The molecule has 6 heteroatoms. The zero-order valence-corrected chi connectivity index (χ0v) is 19.6. The summed E-state index contributed by atoms with van der Waals surface area (Å²) >= 11 is 0. The molecule has 0 saturated carbocycles. The summed E-state index contributed by atoms with van der Waals surface area (Å²) < 4.78 is 2.00. The van der Waals surface area contributed by atoms with Crippen molar-refractivity contribution in [1.29, 1.82) is 0 Å². The van der Waals surface area contributed by atoms with Gasteiger partial charge in [0.2, 0.25) is 0 Å². The first-order valence-corrected chi connectivity index (χ1v) is 12.1. The largest absolute Gasteiger partial charge is 0.368 e. The van der Waals surface area contributed by atoms with Crippen molar-refractivity contribution in [2.45, 2.75) is 32.6 Å². The van der Waals surface area contributed by atoms with E-state index in [1.54, 1.807) is 6.20 Å². The van der Waals surface area contributed by atoms with Crippen molar-refractivity contribution in [2.24, 2.45) is 0 Å². The van der Waals surface area contributed by atoms with Gasteiger partial charge in [0, 0.05) is 37.8 Å². The molecule has 2 saturated heterocycles. The standard InChI is InChI=1S/C27H33N5O/c1-20-8-9-25(21(2)18-20)30-14-16-31(17-15-30)27(33)24-19-29-32(23-6-4-3-5-7-23)26(24)22-10-12-28-13-11-22/h3-9,18-19,22,28H,10-17H2,1-2H3. The molecular weight excluding hydrogens is 410 g/mol. The molecule has 0 unspecified atom stereocenters. The van der Waals surface area contributed by atoms with E-state index in [2.05, 4.69) is 54.4 Å². The van der Waals surface area contributed by atoms with Crippen molar-refractivity contribution in [1.82, 2.24) is 20.0 Å². The van der Waals surface area contributed by atoms with Crippen molar-refractivity contribution in [2.75, 3.05) is 44.2 Å². The van der Waals surface area contributed by atoms with Crippen LogP contribution in [-0.2, 0) is 0 Å². The molecule has 6 nitrogen and oxygen atoms in total. The lowest BCUT2D eigenvalue weighted by Gasteiger charge is -2.37. The molecule has 1 aromatic heterocycles. The van der Waals surface area contributed by atoms with Crippen LogP contribution in [0.2, 0.25) is 0 Å². The first-order valence-electron chi connectivity index (χ1n) is 12.1. The molecule has 0 spiro atoms. The van der Waals surface area contributed by atoms with Crippen molar-refractivity contribution in [3.8, 4) is 5.69 Å². The summed E-state index contributed by atoms with van der Waals surface area (Å²) in [5.41, 5.74) is 6.72. The molecule has 2 aliphatic heterocycles. The number of para-hydroxylation sites is 1. The van der Waals surface area contributed by atoms with Gasteiger partial charge < -0.3 is 15.1 Å². The topological polar surface area (TPSA) is 53.4 Å². The van der Waals surface area contributed by atoms with E-state index in [1.807, 2.05) is 27.8 Å². The van der Waals surface area contributed by atoms with Crippen LogP contribution >= 0.6 is 0 Å². The van der Waals surface area contributed by atoms with Gasteiger partial charge in [0.15, 0.2) is 0 Å². The lowest BCUT2D eigenvalue weighted by Crippen LogP contribution is -2.49. The highest BCUT2D eigenvalue weighted by Crippen LogP contribution is 2.31. The number of benzene rings is 2. The summed E-state index contributed by atoms with van der Waals surface area (Å²) in [5.74, 6) is 0.454. The molecule has 172 valence electrons. The van der Waals surface area contributed by atoms with E-state index >= 15 is 0 Å².